The first-order valence-corrected chi connectivity index (χ1v) is 8.19. The Morgan fingerprint density at radius 1 is 1.19 bits per heavy atom. The number of nitro groups is 1. The normalized spacial score (nSPS) is 21.6. The van der Waals surface area contributed by atoms with Crippen LogP contribution in [0.4, 0.5) is 11.4 Å². The molecule has 2 aromatic carbocycles. The maximum Gasteiger partial charge on any atom is 0.372 e. The monoisotopic (exact) mass is 374 g/mol. The molecule has 0 fully saturated rings. The van der Waals surface area contributed by atoms with E-state index in [4.69, 9.17) is 11.6 Å². The number of carbonyl (C=O) groups excluding carboxylic acids is 1. The molecule has 26 heavy (non-hydrogen) atoms. The molecule has 134 valence electrons. The zero-order valence-corrected chi connectivity index (χ0v) is 15.2. The first kappa shape index (κ1) is 18.2. The third-order valence-electron chi connectivity index (χ3n) is 4.42. The molecule has 0 radical (unpaired) electrons. The molecule has 1 amide bonds. The number of likely N-dealkylation sites (N-methyl/N-ethyl adjacent to an activating group) is 1. The molecule has 1 heterocycles. The number of amides is 1. The second-order valence-electron chi connectivity index (χ2n) is 6.68. The standard InChI is InChI=1S/C18H17ClN3O4/c1-18(24)17(23)22(2,3)15-9-8-11(21(25)26)10-13(15)16(20-18)12-6-4-5-7-14(12)19/h4-10,24H,1-3H3/q+1. The maximum atomic E-state index is 12.9. The number of aliphatic imine (C=N–C) groups is 1. The van der Waals surface area contributed by atoms with E-state index >= 15 is 0 Å². The fourth-order valence-corrected chi connectivity index (χ4v) is 3.36. The van der Waals surface area contributed by atoms with Gasteiger partial charge in [-0.3, -0.25) is 10.1 Å². The van der Waals surface area contributed by atoms with E-state index in [-0.39, 0.29) is 15.9 Å². The molecule has 3 rings (SSSR count). The minimum Gasteiger partial charge on any atom is -0.359 e. The molecular weight excluding hydrogens is 358 g/mol. The van der Waals surface area contributed by atoms with Gasteiger partial charge in [0.15, 0.2) is 0 Å². The number of nitro benzene ring substituents is 1. The maximum absolute atomic E-state index is 12.9. The minimum absolute atomic E-state index is 0.141. The molecule has 7 nitrogen and oxygen atoms in total. The highest BCUT2D eigenvalue weighted by Crippen LogP contribution is 2.37. The van der Waals surface area contributed by atoms with Crippen molar-refractivity contribution in [3.05, 3.63) is 68.7 Å². The molecule has 1 N–H and O–H groups in total. The first-order chi connectivity index (χ1) is 12.1. The quantitative estimate of drug-likeness (QED) is 0.497. The summed E-state index contributed by atoms with van der Waals surface area (Å²) in [7, 11) is 3.21. The van der Waals surface area contributed by atoms with E-state index in [2.05, 4.69) is 4.99 Å². The van der Waals surface area contributed by atoms with Gasteiger partial charge in [-0.15, -0.1) is 0 Å². The third-order valence-corrected chi connectivity index (χ3v) is 4.75. The van der Waals surface area contributed by atoms with Crippen LogP contribution in [0.2, 0.25) is 5.02 Å². The van der Waals surface area contributed by atoms with Crippen molar-refractivity contribution in [3.63, 3.8) is 0 Å². The van der Waals surface area contributed by atoms with Gasteiger partial charge < -0.3 is 5.11 Å². The molecule has 0 saturated heterocycles. The largest absolute Gasteiger partial charge is 0.372 e. The second-order valence-corrected chi connectivity index (χ2v) is 7.09. The van der Waals surface area contributed by atoms with Gasteiger partial charge in [0, 0.05) is 28.8 Å². The molecule has 1 atom stereocenters. The molecule has 0 bridgehead atoms. The van der Waals surface area contributed by atoms with Crippen molar-refractivity contribution >= 4 is 34.6 Å². The van der Waals surface area contributed by atoms with Crippen molar-refractivity contribution in [2.75, 3.05) is 14.1 Å². The van der Waals surface area contributed by atoms with Gasteiger partial charge in [0.05, 0.1) is 30.3 Å². The summed E-state index contributed by atoms with van der Waals surface area (Å²) in [5, 5.41) is 22.3. The second kappa shape index (κ2) is 5.98. The van der Waals surface area contributed by atoms with Crippen LogP contribution in [0.15, 0.2) is 47.5 Å². The molecule has 0 aliphatic carbocycles. The summed E-state index contributed by atoms with van der Waals surface area (Å²) in [6.07, 6.45) is 0. The summed E-state index contributed by atoms with van der Waals surface area (Å²) in [5.74, 6) is -0.561. The Balaban J connectivity index is 2.42. The van der Waals surface area contributed by atoms with E-state index in [9.17, 15) is 20.0 Å². The van der Waals surface area contributed by atoms with Crippen LogP contribution in [-0.2, 0) is 4.79 Å². The number of benzodiazepines with no additional fused rings is 1. The number of aliphatic hydroxyl groups is 1. The van der Waals surface area contributed by atoms with E-state index < -0.39 is 16.6 Å². The molecule has 8 heteroatoms. The van der Waals surface area contributed by atoms with Gasteiger partial charge in [0.25, 0.3) is 11.4 Å². The molecule has 1 unspecified atom stereocenters. The number of halogens is 1. The van der Waals surface area contributed by atoms with Crippen LogP contribution in [0.1, 0.15) is 18.1 Å². The van der Waals surface area contributed by atoms with Crippen molar-refractivity contribution in [3.8, 4) is 0 Å². The summed E-state index contributed by atoms with van der Waals surface area (Å²) in [5.41, 5.74) is -0.591. The summed E-state index contributed by atoms with van der Waals surface area (Å²) < 4.78 is -0.322. The van der Waals surface area contributed by atoms with E-state index in [1.165, 1.54) is 25.1 Å². The summed E-state index contributed by atoms with van der Waals surface area (Å²) in [6.45, 7) is 1.30. The van der Waals surface area contributed by atoms with Crippen molar-refractivity contribution in [1.29, 1.82) is 0 Å². The number of hydrogen-bond acceptors (Lipinski definition) is 5. The lowest BCUT2D eigenvalue weighted by Crippen LogP contribution is -2.56. The number of rotatable bonds is 2. The van der Waals surface area contributed by atoms with Crippen LogP contribution in [0.25, 0.3) is 0 Å². The van der Waals surface area contributed by atoms with Gasteiger partial charge in [0.1, 0.15) is 5.69 Å². The Hall–Kier alpha value is -2.61. The smallest absolute Gasteiger partial charge is 0.359 e. The lowest BCUT2D eigenvalue weighted by molar-refractivity contribution is -0.384. The lowest BCUT2D eigenvalue weighted by atomic mass is 9.99. The lowest BCUT2D eigenvalue weighted by Gasteiger charge is -2.29. The minimum atomic E-state index is -2.02. The van der Waals surface area contributed by atoms with Gasteiger partial charge >= 0.3 is 5.91 Å². The number of fused-ring (bicyclic) bond motifs is 1. The van der Waals surface area contributed by atoms with Gasteiger partial charge in [0.2, 0.25) is 0 Å². The average Bonchev–Trinajstić information content (AvgIpc) is 2.63. The third kappa shape index (κ3) is 2.80. The van der Waals surface area contributed by atoms with E-state index in [0.29, 0.717) is 21.8 Å². The number of benzene rings is 2. The van der Waals surface area contributed by atoms with Crippen LogP contribution < -0.4 is 4.48 Å². The summed E-state index contributed by atoms with van der Waals surface area (Å²) in [4.78, 5) is 27.9. The van der Waals surface area contributed by atoms with Crippen LogP contribution in [0.5, 0.6) is 0 Å². The molecule has 0 spiro atoms. The number of non-ortho nitro benzene ring substituents is 1. The van der Waals surface area contributed by atoms with E-state index in [1.807, 2.05) is 0 Å². The zero-order chi connectivity index (χ0) is 19.3. The van der Waals surface area contributed by atoms with Crippen LogP contribution in [-0.4, -0.2) is 41.5 Å². The first-order valence-electron chi connectivity index (χ1n) is 7.81. The Labute approximate surface area is 154 Å². The highest BCUT2D eigenvalue weighted by atomic mass is 35.5. The number of quaternary nitrogens is 1. The SMILES string of the molecule is CC1(O)N=C(c2ccccc2Cl)c2cc([N+](=O)[O-])ccc2[N+](C)(C)C1=O. The number of hydrogen-bond donors (Lipinski definition) is 1. The molecule has 0 saturated carbocycles. The highest BCUT2D eigenvalue weighted by molar-refractivity contribution is 6.36. The zero-order valence-electron chi connectivity index (χ0n) is 14.4. The Morgan fingerprint density at radius 3 is 2.46 bits per heavy atom. The molecule has 2 aromatic rings. The molecule has 1 aliphatic heterocycles. The van der Waals surface area contributed by atoms with Crippen LogP contribution in [0, 0.1) is 10.1 Å². The highest BCUT2D eigenvalue weighted by Gasteiger charge is 2.49. The summed E-state index contributed by atoms with van der Waals surface area (Å²) in [6, 6.07) is 11.0. The fraction of sp³-hybridized carbons (Fsp3) is 0.222. The summed E-state index contributed by atoms with van der Waals surface area (Å²) >= 11 is 6.29. The topological polar surface area (TPSA) is 92.8 Å². The van der Waals surface area contributed by atoms with Crippen molar-refractivity contribution in [1.82, 2.24) is 4.48 Å². The van der Waals surface area contributed by atoms with Gasteiger partial charge in [-0.2, -0.15) is 0 Å². The van der Waals surface area contributed by atoms with E-state index in [1.54, 1.807) is 38.4 Å². The number of carbonyl (C=O) groups is 1. The fourth-order valence-electron chi connectivity index (χ4n) is 3.14. The molecule has 1 aliphatic rings. The predicted octanol–water partition coefficient (Wildman–Crippen LogP) is 2.90. The predicted molar refractivity (Wildman–Crippen MR) is 99.5 cm³/mol. The Morgan fingerprint density at radius 2 is 1.85 bits per heavy atom. The van der Waals surface area contributed by atoms with Gasteiger partial charge in [-0.25, -0.2) is 14.3 Å². The average molecular weight is 375 g/mol. The molecule has 0 aromatic heterocycles. The van der Waals surface area contributed by atoms with Crippen molar-refractivity contribution in [2.24, 2.45) is 4.99 Å². The van der Waals surface area contributed by atoms with E-state index in [0.717, 1.165) is 0 Å². The van der Waals surface area contributed by atoms with Gasteiger partial charge in [-0.1, -0.05) is 29.8 Å². The van der Waals surface area contributed by atoms with Crippen molar-refractivity contribution < 1.29 is 14.8 Å². The van der Waals surface area contributed by atoms with Crippen LogP contribution in [0.3, 0.4) is 0 Å². The van der Waals surface area contributed by atoms with Crippen LogP contribution >= 0.6 is 11.6 Å². The Kier molecular flexibility index (Phi) is 4.18. The Bertz CT molecular complexity index is 967. The molecular formula is C18H17ClN3O4+. The van der Waals surface area contributed by atoms with Gasteiger partial charge in [-0.05, 0) is 13.0 Å². The number of nitrogens with zero attached hydrogens (tertiary/aromatic N) is 3. The van der Waals surface area contributed by atoms with Crippen molar-refractivity contribution in [2.45, 2.75) is 12.6 Å².